The van der Waals surface area contributed by atoms with Gasteiger partial charge >= 0.3 is 5.97 Å². The smallest absolute Gasteiger partial charge is 0.302 e. The molecule has 1 heterocycles. The van der Waals surface area contributed by atoms with Crippen LogP contribution in [0.15, 0.2) is 0 Å². The Balaban J connectivity index is 2.36. The predicted octanol–water partition coefficient (Wildman–Crippen LogP) is 0.778. The first-order chi connectivity index (χ1) is 6.63. The molecule has 0 spiro atoms. The lowest BCUT2D eigenvalue weighted by Gasteiger charge is -2.16. The van der Waals surface area contributed by atoms with Crippen LogP contribution in [-0.4, -0.2) is 41.1 Å². The Bertz CT molecular complexity index is 197. The van der Waals surface area contributed by atoms with Crippen molar-refractivity contribution in [2.24, 2.45) is 0 Å². The standard InChI is InChI=1S/C9H16O4S/c1-3-14-8-4-9(11)13-7(8)5-12-6(2)10/h7-9,11H,3-5H2,1-2H3/t7-,8+,9?/m1/s1. The summed E-state index contributed by atoms with van der Waals surface area (Å²) >= 11 is 1.73. The van der Waals surface area contributed by atoms with Crippen LogP contribution in [0, 0.1) is 0 Å². The Morgan fingerprint density at radius 2 is 2.43 bits per heavy atom. The average molecular weight is 220 g/mol. The quantitative estimate of drug-likeness (QED) is 0.709. The molecule has 82 valence electrons. The van der Waals surface area contributed by atoms with E-state index in [2.05, 4.69) is 6.92 Å². The predicted molar refractivity (Wildman–Crippen MR) is 54.0 cm³/mol. The highest BCUT2D eigenvalue weighted by Crippen LogP contribution is 2.29. The maximum atomic E-state index is 10.6. The number of aliphatic hydroxyl groups is 1. The number of ether oxygens (including phenoxy) is 2. The second-order valence-electron chi connectivity index (χ2n) is 3.16. The van der Waals surface area contributed by atoms with E-state index in [1.54, 1.807) is 11.8 Å². The molecule has 5 heteroatoms. The van der Waals surface area contributed by atoms with Gasteiger partial charge in [-0.05, 0) is 5.75 Å². The summed E-state index contributed by atoms with van der Waals surface area (Å²) in [6, 6.07) is 0. The third-order valence-corrected chi connectivity index (χ3v) is 3.27. The number of esters is 1. The summed E-state index contributed by atoms with van der Waals surface area (Å²) in [4.78, 5) is 10.6. The fourth-order valence-electron chi connectivity index (χ4n) is 1.43. The highest BCUT2D eigenvalue weighted by atomic mass is 32.2. The van der Waals surface area contributed by atoms with E-state index in [4.69, 9.17) is 9.47 Å². The normalized spacial score (nSPS) is 31.8. The second-order valence-corrected chi connectivity index (χ2v) is 4.68. The maximum absolute atomic E-state index is 10.6. The summed E-state index contributed by atoms with van der Waals surface area (Å²) in [6.45, 7) is 3.66. The van der Waals surface area contributed by atoms with Gasteiger partial charge in [0.15, 0.2) is 6.29 Å². The van der Waals surface area contributed by atoms with Gasteiger partial charge in [0.05, 0.1) is 0 Å². The van der Waals surface area contributed by atoms with E-state index in [1.165, 1.54) is 6.92 Å². The van der Waals surface area contributed by atoms with Crippen molar-refractivity contribution in [2.75, 3.05) is 12.4 Å². The Labute approximate surface area is 88.0 Å². The lowest BCUT2D eigenvalue weighted by molar-refractivity contribution is -0.149. The van der Waals surface area contributed by atoms with Gasteiger partial charge in [-0.3, -0.25) is 4.79 Å². The number of hydrogen-bond donors (Lipinski definition) is 1. The van der Waals surface area contributed by atoms with E-state index in [-0.39, 0.29) is 23.9 Å². The molecule has 0 aliphatic carbocycles. The molecule has 1 fully saturated rings. The molecule has 0 aromatic carbocycles. The SMILES string of the molecule is CCS[C@H]1CC(O)O[C@@H]1COC(C)=O. The number of carbonyl (C=O) groups excluding carboxylic acids is 1. The minimum atomic E-state index is -0.709. The van der Waals surface area contributed by atoms with Gasteiger partial charge in [0.2, 0.25) is 0 Å². The lowest BCUT2D eigenvalue weighted by atomic mass is 10.2. The third kappa shape index (κ3) is 3.48. The summed E-state index contributed by atoms with van der Waals surface area (Å²) in [5, 5.41) is 9.52. The molecule has 3 atom stereocenters. The molecule has 1 unspecified atom stereocenters. The third-order valence-electron chi connectivity index (χ3n) is 2.01. The average Bonchev–Trinajstić information content (AvgIpc) is 2.44. The molecular formula is C9H16O4S. The van der Waals surface area contributed by atoms with Crippen molar-refractivity contribution in [1.29, 1.82) is 0 Å². The maximum Gasteiger partial charge on any atom is 0.302 e. The van der Waals surface area contributed by atoms with E-state index in [9.17, 15) is 9.90 Å². The van der Waals surface area contributed by atoms with E-state index in [0.717, 1.165) is 5.75 Å². The van der Waals surface area contributed by atoms with Crippen molar-refractivity contribution in [3.8, 4) is 0 Å². The number of rotatable bonds is 4. The van der Waals surface area contributed by atoms with Crippen LogP contribution in [0.2, 0.25) is 0 Å². The van der Waals surface area contributed by atoms with Gasteiger partial charge < -0.3 is 14.6 Å². The first-order valence-corrected chi connectivity index (χ1v) is 5.76. The van der Waals surface area contributed by atoms with Gasteiger partial charge in [-0.25, -0.2) is 0 Å². The molecule has 1 N–H and O–H groups in total. The fraction of sp³-hybridized carbons (Fsp3) is 0.889. The summed E-state index contributed by atoms with van der Waals surface area (Å²) in [7, 11) is 0. The van der Waals surface area contributed by atoms with Crippen molar-refractivity contribution < 1.29 is 19.4 Å². The molecule has 0 aromatic heterocycles. The number of hydrogen-bond acceptors (Lipinski definition) is 5. The van der Waals surface area contributed by atoms with Crippen LogP contribution in [0.1, 0.15) is 20.3 Å². The van der Waals surface area contributed by atoms with Crippen LogP contribution in [0.3, 0.4) is 0 Å². The molecule has 0 bridgehead atoms. The van der Waals surface area contributed by atoms with Gasteiger partial charge in [-0.15, -0.1) is 0 Å². The zero-order valence-electron chi connectivity index (χ0n) is 8.43. The number of aliphatic hydroxyl groups excluding tert-OH is 1. The Kier molecular flexibility index (Phi) is 4.71. The molecule has 1 rings (SSSR count). The van der Waals surface area contributed by atoms with Crippen molar-refractivity contribution in [3.05, 3.63) is 0 Å². The van der Waals surface area contributed by atoms with Crippen LogP contribution in [0.25, 0.3) is 0 Å². The van der Waals surface area contributed by atoms with E-state index in [0.29, 0.717) is 6.42 Å². The van der Waals surface area contributed by atoms with Gasteiger partial charge in [-0.1, -0.05) is 6.92 Å². The van der Waals surface area contributed by atoms with Gasteiger partial charge in [-0.2, -0.15) is 11.8 Å². The lowest BCUT2D eigenvalue weighted by Crippen LogP contribution is -2.26. The minimum Gasteiger partial charge on any atom is -0.463 e. The molecule has 1 saturated heterocycles. The van der Waals surface area contributed by atoms with Crippen molar-refractivity contribution in [3.63, 3.8) is 0 Å². The van der Waals surface area contributed by atoms with Crippen molar-refractivity contribution in [2.45, 2.75) is 37.9 Å². The zero-order chi connectivity index (χ0) is 10.6. The minimum absolute atomic E-state index is 0.168. The van der Waals surface area contributed by atoms with Crippen LogP contribution in [0.5, 0.6) is 0 Å². The monoisotopic (exact) mass is 220 g/mol. The molecule has 14 heavy (non-hydrogen) atoms. The molecule has 0 radical (unpaired) electrons. The van der Waals surface area contributed by atoms with Crippen LogP contribution in [0.4, 0.5) is 0 Å². The topological polar surface area (TPSA) is 55.8 Å². The highest BCUT2D eigenvalue weighted by Gasteiger charge is 2.34. The highest BCUT2D eigenvalue weighted by molar-refractivity contribution is 7.99. The van der Waals surface area contributed by atoms with E-state index in [1.807, 2.05) is 0 Å². The summed E-state index contributed by atoms with van der Waals surface area (Å²) in [5.41, 5.74) is 0. The first-order valence-electron chi connectivity index (χ1n) is 4.72. The molecule has 1 aliphatic heterocycles. The van der Waals surface area contributed by atoms with Crippen LogP contribution in [-0.2, 0) is 14.3 Å². The molecule has 0 amide bonds. The van der Waals surface area contributed by atoms with Gasteiger partial charge in [0, 0.05) is 18.6 Å². The molecule has 0 saturated carbocycles. The Morgan fingerprint density at radius 1 is 1.71 bits per heavy atom. The van der Waals surface area contributed by atoms with Crippen LogP contribution < -0.4 is 0 Å². The largest absolute Gasteiger partial charge is 0.463 e. The van der Waals surface area contributed by atoms with E-state index >= 15 is 0 Å². The van der Waals surface area contributed by atoms with Gasteiger partial charge in [0.1, 0.15) is 12.7 Å². The number of carbonyl (C=O) groups is 1. The summed E-state index contributed by atoms with van der Waals surface area (Å²) < 4.78 is 10.1. The Hall–Kier alpha value is -0.260. The fourth-order valence-corrected chi connectivity index (χ4v) is 2.52. The van der Waals surface area contributed by atoms with E-state index < -0.39 is 6.29 Å². The first kappa shape index (κ1) is 11.8. The molecule has 1 aliphatic rings. The molecular weight excluding hydrogens is 204 g/mol. The van der Waals surface area contributed by atoms with Gasteiger partial charge in [0.25, 0.3) is 0 Å². The van der Waals surface area contributed by atoms with Crippen LogP contribution >= 0.6 is 11.8 Å². The summed E-state index contributed by atoms with van der Waals surface area (Å²) in [5.74, 6) is 0.660. The van der Waals surface area contributed by atoms with Crippen molar-refractivity contribution >= 4 is 17.7 Å². The zero-order valence-corrected chi connectivity index (χ0v) is 9.25. The molecule has 0 aromatic rings. The summed E-state index contributed by atoms with van der Waals surface area (Å²) in [6.07, 6.45) is -0.261. The van der Waals surface area contributed by atoms with Crippen molar-refractivity contribution in [1.82, 2.24) is 0 Å². The molecule has 4 nitrogen and oxygen atoms in total. The second kappa shape index (κ2) is 5.58. The Morgan fingerprint density at radius 3 is 3.00 bits per heavy atom. The number of thioether (sulfide) groups is 1.